The predicted molar refractivity (Wildman–Crippen MR) is 113 cm³/mol. The number of nitrogens with zero attached hydrogens (tertiary/aromatic N) is 2. The fourth-order valence-corrected chi connectivity index (χ4v) is 4.72. The van der Waals surface area contributed by atoms with Crippen molar-refractivity contribution in [1.82, 2.24) is 15.2 Å². The number of carbonyl (C=O) groups is 1. The molecule has 0 radical (unpaired) electrons. The summed E-state index contributed by atoms with van der Waals surface area (Å²) in [4.78, 5) is 19.7. The second-order valence-corrected chi connectivity index (χ2v) is 8.38. The van der Waals surface area contributed by atoms with E-state index in [2.05, 4.69) is 15.2 Å². The normalized spacial score (nSPS) is 18.3. The molecule has 1 aromatic heterocycles. The Morgan fingerprint density at radius 1 is 1.21 bits per heavy atom. The smallest absolute Gasteiger partial charge is 0.251 e. The summed E-state index contributed by atoms with van der Waals surface area (Å²) in [6.45, 7) is 2.66. The van der Waals surface area contributed by atoms with E-state index in [1.54, 1.807) is 17.5 Å². The molecule has 1 fully saturated rings. The fraction of sp³-hybridized carbons (Fsp3) is 0.304. The van der Waals surface area contributed by atoms with Crippen LogP contribution >= 0.6 is 11.3 Å². The molecule has 1 aliphatic heterocycles. The van der Waals surface area contributed by atoms with Gasteiger partial charge >= 0.3 is 0 Å². The third kappa shape index (κ3) is 5.08. The number of rotatable bonds is 6. The zero-order chi connectivity index (χ0) is 20.1. The van der Waals surface area contributed by atoms with Gasteiger partial charge in [0.1, 0.15) is 10.8 Å². The first-order valence-electron chi connectivity index (χ1n) is 9.91. The standard InChI is InChI=1S/C23H24FN3OS/c24-20-10-8-17(9-11-20)15-27-13-4-7-19(16-27)21(23-25-12-14-29-23)26-22(28)18-5-2-1-3-6-18/h1-3,5-6,8-12,14,19,21H,4,7,13,15-16H2,(H,26,28)/t19-,21+/m0/s1. The van der Waals surface area contributed by atoms with Crippen LogP contribution in [0.3, 0.4) is 0 Å². The maximum Gasteiger partial charge on any atom is 0.251 e. The Hall–Kier alpha value is -2.57. The molecule has 4 nitrogen and oxygen atoms in total. The zero-order valence-corrected chi connectivity index (χ0v) is 16.9. The lowest BCUT2D eigenvalue weighted by molar-refractivity contribution is 0.0878. The summed E-state index contributed by atoms with van der Waals surface area (Å²) in [6.07, 6.45) is 3.90. The van der Waals surface area contributed by atoms with Crippen molar-refractivity contribution >= 4 is 17.2 Å². The SMILES string of the molecule is O=C(N[C@@H](c1nccs1)[C@H]1CCCN(Cc2ccc(F)cc2)C1)c1ccccc1. The van der Waals surface area contributed by atoms with E-state index in [1.807, 2.05) is 47.8 Å². The number of benzene rings is 2. The molecule has 29 heavy (non-hydrogen) atoms. The van der Waals surface area contributed by atoms with Crippen LogP contribution in [0, 0.1) is 11.7 Å². The van der Waals surface area contributed by atoms with Crippen molar-refractivity contribution < 1.29 is 9.18 Å². The van der Waals surface area contributed by atoms with E-state index in [9.17, 15) is 9.18 Å². The van der Waals surface area contributed by atoms with E-state index in [1.165, 1.54) is 12.1 Å². The molecule has 150 valence electrons. The molecule has 3 aromatic rings. The van der Waals surface area contributed by atoms with E-state index in [-0.39, 0.29) is 23.7 Å². The third-order valence-corrected chi connectivity index (χ3v) is 6.23. The van der Waals surface area contributed by atoms with Crippen molar-refractivity contribution in [3.8, 4) is 0 Å². The molecular formula is C23H24FN3OS. The largest absolute Gasteiger partial charge is 0.342 e. The second kappa shape index (κ2) is 9.29. The Morgan fingerprint density at radius 2 is 2.00 bits per heavy atom. The summed E-state index contributed by atoms with van der Waals surface area (Å²) in [7, 11) is 0. The zero-order valence-electron chi connectivity index (χ0n) is 16.1. The molecule has 4 rings (SSSR count). The molecule has 1 saturated heterocycles. The Morgan fingerprint density at radius 3 is 2.72 bits per heavy atom. The van der Waals surface area contributed by atoms with E-state index in [4.69, 9.17) is 0 Å². The number of piperidine rings is 1. The van der Waals surface area contributed by atoms with Gasteiger partial charge in [-0.3, -0.25) is 9.69 Å². The molecule has 0 bridgehead atoms. The summed E-state index contributed by atoms with van der Waals surface area (Å²) in [5.41, 5.74) is 1.76. The van der Waals surface area contributed by atoms with Crippen molar-refractivity contribution in [3.05, 3.63) is 88.1 Å². The van der Waals surface area contributed by atoms with Crippen molar-refractivity contribution in [1.29, 1.82) is 0 Å². The minimum atomic E-state index is -0.210. The van der Waals surface area contributed by atoms with Crippen LogP contribution in [0.5, 0.6) is 0 Å². The molecule has 2 atom stereocenters. The first kappa shape index (κ1) is 19.7. The lowest BCUT2D eigenvalue weighted by atomic mass is 9.90. The highest BCUT2D eigenvalue weighted by Crippen LogP contribution is 2.32. The molecule has 1 aliphatic rings. The number of carbonyl (C=O) groups excluding carboxylic acids is 1. The summed E-state index contributed by atoms with van der Waals surface area (Å²) in [5.74, 6) is 0.00203. The highest BCUT2D eigenvalue weighted by atomic mass is 32.1. The molecule has 1 N–H and O–H groups in total. The molecule has 6 heteroatoms. The molecular weight excluding hydrogens is 385 g/mol. The van der Waals surface area contributed by atoms with Gasteiger partial charge in [0, 0.05) is 30.2 Å². The summed E-state index contributed by atoms with van der Waals surface area (Å²) in [5, 5.41) is 6.13. The maximum absolute atomic E-state index is 13.2. The minimum Gasteiger partial charge on any atom is -0.342 e. The molecule has 0 aliphatic carbocycles. The van der Waals surface area contributed by atoms with Gasteiger partial charge in [-0.2, -0.15) is 0 Å². The summed E-state index contributed by atoms with van der Waals surface area (Å²) in [6, 6.07) is 15.9. The van der Waals surface area contributed by atoms with Gasteiger partial charge in [0.25, 0.3) is 5.91 Å². The Labute approximate surface area is 174 Å². The monoisotopic (exact) mass is 409 g/mol. The molecule has 1 amide bonds. The highest BCUT2D eigenvalue weighted by molar-refractivity contribution is 7.09. The molecule has 2 heterocycles. The average Bonchev–Trinajstić information content (AvgIpc) is 3.29. The number of hydrogen-bond acceptors (Lipinski definition) is 4. The van der Waals surface area contributed by atoms with Crippen molar-refractivity contribution in [2.24, 2.45) is 5.92 Å². The maximum atomic E-state index is 13.2. The lowest BCUT2D eigenvalue weighted by Crippen LogP contribution is -2.42. The minimum absolute atomic E-state index is 0.0681. The van der Waals surface area contributed by atoms with Crippen LogP contribution < -0.4 is 5.32 Å². The number of halogens is 1. The molecule has 0 spiro atoms. The van der Waals surface area contributed by atoms with Gasteiger partial charge in [-0.25, -0.2) is 9.37 Å². The Balaban J connectivity index is 1.48. The van der Waals surface area contributed by atoms with Crippen LogP contribution in [-0.2, 0) is 6.54 Å². The number of aromatic nitrogens is 1. The first-order valence-corrected chi connectivity index (χ1v) is 10.8. The predicted octanol–water partition coefficient (Wildman–Crippen LogP) is 4.67. The van der Waals surface area contributed by atoms with Gasteiger partial charge in [0.15, 0.2) is 0 Å². The second-order valence-electron chi connectivity index (χ2n) is 7.45. The van der Waals surface area contributed by atoms with Gasteiger partial charge in [0.05, 0.1) is 6.04 Å². The van der Waals surface area contributed by atoms with Crippen LogP contribution in [0.4, 0.5) is 4.39 Å². The van der Waals surface area contributed by atoms with Crippen molar-refractivity contribution in [3.63, 3.8) is 0 Å². The van der Waals surface area contributed by atoms with Crippen LogP contribution in [0.2, 0.25) is 0 Å². The summed E-state index contributed by atoms with van der Waals surface area (Å²) >= 11 is 1.58. The Kier molecular flexibility index (Phi) is 6.32. The van der Waals surface area contributed by atoms with E-state index in [0.29, 0.717) is 5.56 Å². The van der Waals surface area contributed by atoms with E-state index < -0.39 is 0 Å². The molecule has 0 saturated carbocycles. The van der Waals surface area contributed by atoms with Gasteiger partial charge in [-0.1, -0.05) is 30.3 Å². The van der Waals surface area contributed by atoms with Crippen LogP contribution in [0.25, 0.3) is 0 Å². The average molecular weight is 410 g/mol. The van der Waals surface area contributed by atoms with E-state index in [0.717, 1.165) is 43.0 Å². The number of hydrogen-bond donors (Lipinski definition) is 1. The third-order valence-electron chi connectivity index (χ3n) is 5.37. The molecule has 2 aromatic carbocycles. The number of thiazole rings is 1. The Bertz CT molecular complexity index is 915. The van der Waals surface area contributed by atoms with Gasteiger partial charge < -0.3 is 5.32 Å². The first-order chi connectivity index (χ1) is 14.2. The van der Waals surface area contributed by atoms with Crippen LogP contribution in [0.1, 0.15) is 39.8 Å². The number of nitrogens with one attached hydrogen (secondary N) is 1. The van der Waals surface area contributed by atoms with Crippen molar-refractivity contribution in [2.45, 2.75) is 25.4 Å². The number of likely N-dealkylation sites (tertiary alicyclic amines) is 1. The van der Waals surface area contributed by atoms with Gasteiger partial charge in [-0.05, 0) is 55.1 Å². The summed E-state index contributed by atoms with van der Waals surface area (Å²) < 4.78 is 13.2. The van der Waals surface area contributed by atoms with E-state index >= 15 is 0 Å². The highest BCUT2D eigenvalue weighted by Gasteiger charge is 2.31. The number of amides is 1. The van der Waals surface area contributed by atoms with Gasteiger partial charge in [0.2, 0.25) is 0 Å². The van der Waals surface area contributed by atoms with Crippen LogP contribution in [-0.4, -0.2) is 28.9 Å². The van der Waals surface area contributed by atoms with Gasteiger partial charge in [-0.15, -0.1) is 11.3 Å². The lowest BCUT2D eigenvalue weighted by Gasteiger charge is -2.36. The topological polar surface area (TPSA) is 45.2 Å². The van der Waals surface area contributed by atoms with Crippen molar-refractivity contribution in [2.75, 3.05) is 13.1 Å². The van der Waals surface area contributed by atoms with Crippen LogP contribution in [0.15, 0.2) is 66.2 Å². The molecule has 0 unspecified atom stereocenters. The fourth-order valence-electron chi connectivity index (χ4n) is 3.94. The quantitative estimate of drug-likeness (QED) is 0.644.